The maximum Gasteiger partial charge on any atom is 0.212 e. The van der Waals surface area contributed by atoms with E-state index in [0.717, 1.165) is 16.2 Å². The van der Waals surface area contributed by atoms with E-state index in [1.807, 2.05) is 35.0 Å². The monoisotopic (exact) mass is 421 g/mol. The van der Waals surface area contributed by atoms with Crippen molar-refractivity contribution in [2.45, 2.75) is 13.0 Å². The van der Waals surface area contributed by atoms with Crippen molar-refractivity contribution < 1.29 is 17.9 Å². The summed E-state index contributed by atoms with van der Waals surface area (Å²) in [6.07, 6.45) is 0.422. The lowest BCUT2D eigenvalue weighted by Gasteiger charge is -2.06. The molecular weight excluding hydrogens is 402 g/mol. The smallest absolute Gasteiger partial charge is 0.212 e. The topological polar surface area (TPSA) is 72.5 Å². The highest BCUT2D eigenvalue weighted by atomic mass is 32.2. The second kappa shape index (κ2) is 8.79. The first-order valence-electron chi connectivity index (χ1n) is 8.23. The minimum absolute atomic E-state index is 0.00535. The summed E-state index contributed by atoms with van der Waals surface area (Å²) in [5.41, 5.74) is 1.59. The first kappa shape index (κ1) is 19.8. The van der Waals surface area contributed by atoms with Crippen LogP contribution < -0.4 is 9.46 Å². The van der Waals surface area contributed by atoms with E-state index < -0.39 is 10.0 Å². The molecule has 2 aromatic heterocycles. The van der Waals surface area contributed by atoms with E-state index in [0.29, 0.717) is 16.9 Å². The van der Waals surface area contributed by atoms with Gasteiger partial charge in [0.1, 0.15) is 5.75 Å². The molecule has 142 valence electrons. The SMILES string of the molecule is COc1ccc(CCS(=O)(=O)NCc2ccc(C(=O)c3ccsc3)s2)cc1. The Balaban J connectivity index is 1.53. The van der Waals surface area contributed by atoms with Crippen LogP contribution in [0.3, 0.4) is 0 Å². The summed E-state index contributed by atoms with van der Waals surface area (Å²) < 4.78 is 32.2. The van der Waals surface area contributed by atoms with Crippen molar-refractivity contribution in [3.05, 3.63) is 74.1 Å². The minimum Gasteiger partial charge on any atom is -0.497 e. The van der Waals surface area contributed by atoms with Gasteiger partial charge in [0, 0.05) is 22.4 Å². The number of carbonyl (C=O) groups is 1. The predicted octanol–water partition coefficient (Wildman–Crippen LogP) is 3.71. The molecule has 1 N–H and O–H groups in total. The molecule has 0 fully saturated rings. The number of methoxy groups -OCH3 is 1. The normalized spacial score (nSPS) is 11.4. The highest BCUT2D eigenvalue weighted by Gasteiger charge is 2.14. The van der Waals surface area contributed by atoms with Crippen LogP contribution >= 0.6 is 22.7 Å². The van der Waals surface area contributed by atoms with Gasteiger partial charge in [0.25, 0.3) is 0 Å². The Hall–Kier alpha value is -2.00. The molecule has 0 bridgehead atoms. The van der Waals surface area contributed by atoms with E-state index in [9.17, 15) is 13.2 Å². The number of nitrogens with one attached hydrogen (secondary N) is 1. The molecule has 2 heterocycles. The molecule has 0 aliphatic heterocycles. The first-order chi connectivity index (χ1) is 13.0. The molecule has 27 heavy (non-hydrogen) atoms. The Morgan fingerprint density at radius 1 is 1.11 bits per heavy atom. The van der Waals surface area contributed by atoms with Gasteiger partial charge in [-0.1, -0.05) is 12.1 Å². The maximum atomic E-state index is 12.3. The van der Waals surface area contributed by atoms with E-state index in [2.05, 4.69) is 4.72 Å². The third kappa shape index (κ3) is 5.49. The highest BCUT2D eigenvalue weighted by molar-refractivity contribution is 7.89. The zero-order valence-corrected chi connectivity index (χ0v) is 17.1. The van der Waals surface area contributed by atoms with Crippen molar-refractivity contribution in [2.75, 3.05) is 12.9 Å². The van der Waals surface area contributed by atoms with Gasteiger partial charge in [-0.25, -0.2) is 13.1 Å². The molecular formula is C19H19NO4S3. The molecule has 0 saturated carbocycles. The number of aryl methyl sites for hydroxylation is 1. The van der Waals surface area contributed by atoms with Crippen molar-refractivity contribution in [3.8, 4) is 5.75 Å². The van der Waals surface area contributed by atoms with Crippen LogP contribution in [0.1, 0.15) is 25.7 Å². The number of ether oxygens (including phenoxy) is 1. The number of hydrogen-bond donors (Lipinski definition) is 1. The number of benzene rings is 1. The largest absolute Gasteiger partial charge is 0.497 e. The van der Waals surface area contributed by atoms with Gasteiger partial charge < -0.3 is 4.74 Å². The quantitative estimate of drug-likeness (QED) is 0.535. The fourth-order valence-electron chi connectivity index (χ4n) is 2.43. The lowest BCUT2D eigenvalue weighted by Crippen LogP contribution is -2.26. The van der Waals surface area contributed by atoms with E-state index in [1.165, 1.54) is 22.7 Å². The zero-order chi connectivity index (χ0) is 19.3. The summed E-state index contributed by atoms with van der Waals surface area (Å²) in [6, 6.07) is 12.7. The van der Waals surface area contributed by atoms with Crippen LogP contribution in [-0.2, 0) is 23.0 Å². The Labute approximate surface area is 166 Å². The molecule has 0 amide bonds. The Kier molecular flexibility index (Phi) is 6.43. The number of hydrogen-bond acceptors (Lipinski definition) is 6. The number of carbonyl (C=O) groups excluding carboxylic acids is 1. The summed E-state index contributed by atoms with van der Waals surface area (Å²) >= 11 is 2.79. The lowest BCUT2D eigenvalue weighted by molar-refractivity contribution is 0.104. The number of sulfonamides is 1. The second-order valence-corrected chi connectivity index (χ2v) is 9.72. The van der Waals surface area contributed by atoms with E-state index >= 15 is 0 Å². The summed E-state index contributed by atoms with van der Waals surface area (Å²) in [5.74, 6) is 0.714. The van der Waals surface area contributed by atoms with Crippen LogP contribution in [0.5, 0.6) is 5.75 Å². The molecule has 0 aliphatic rings. The highest BCUT2D eigenvalue weighted by Crippen LogP contribution is 2.21. The average molecular weight is 422 g/mol. The molecule has 3 aromatic rings. The van der Waals surface area contributed by atoms with Gasteiger partial charge in [0.2, 0.25) is 15.8 Å². The number of thiophene rings is 2. The fraction of sp³-hybridized carbons (Fsp3) is 0.211. The van der Waals surface area contributed by atoms with Crippen LogP contribution in [0.4, 0.5) is 0 Å². The van der Waals surface area contributed by atoms with Crippen LogP contribution in [-0.4, -0.2) is 27.1 Å². The summed E-state index contributed by atoms with van der Waals surface area (Å²) in [5, 5.41) is 3.67. The van der Waals surface area contributed by atoms with Crippen molar-refractivity contribution in [3.63, 3.8) is 0 Å². The molecule has 0 unspecified atom stereocenters. The fourth-order valence-corrected chi connectivity index (χ4v) is 5.09. The molecule has 5 nitrogen and oxygen atoms in total. The Morgan fingerprint density at radius 3 is 2.56 bits per heavy atom. The second-order valence-electron chi connectivity index (χ2n) is 5.85. The van der Waals surface area contributed by atoms with E-state index in [1.54, 1.807) is 25.3 Å². The molecule has 0 spiro atoms. The predicted molar refractivity (Wildman–Crippen MR) is 109 cm³/mol. The minimum atomic E-state index is -3.41. The molecule has 0 atom stereocenters. The molecule has 0 saturated heterocycles. The molecule has 3 rings (SSSR count). The maximum absolute atomic E-state index is 12.3. The third-order valence-corrected chi connectivity index (χ3v) is 7.05. The van der Waals surface area contributed by atoms with E-state index in [-0.39, 0.29) is 18.1 Å². The van der Waals surface area contributed by atoms with Gasteiger partial charge >= 0.3 is 0 Å². The first-order valence-corrected chi connectivity index (χ1v) is 11.6. The van der Waals surface area contributed by atoms with Crippen LogP contribution in [0.15, 0.2) is 53.2 Å². The van der Waals surface area contributed by atoms with E-state index in [4.69, 9.17) is 4.74 Å². The standard InChI is InChI=1S/C19H19NO4S3/c1-24-16-4-2-14(3-5-16)9-11-27(22,23)20-12-17-6-7-18(26-17)19(21)15-8-10-25-13-15/h2-8,10,13,20H,9,11-12H2,1H3. The third-order valence-electron chi connectivity index (χ3n) is 3.95. The van der Waals surface area contributed by atoms with Crippen molar-refractivity contribution in [2.24, 2.45) is 0 Å². The van der Waals surface area contributed by atoms with Crippen molar-refractivity contribution >= 4 is 38.5 Å². The number of ketones is 1. The Bertz CT molecular complexity index is 990. The Morgan fingerprint density at radius 2 is 1.89 bits per heavy atom. The molecule has 0 aliphatic carbocycles. The van der Waals surface area contributed by atoms with Crippen molar-refractivity contribution in [1.82, 2.24) is 4.72 Å². The summed E-state index contributed by atoms with van der Waals surface area (Å²) in [6.45, 7) is 0.187. The van der Waals surface area contributed by atoms with Crippen LogP contribution in [0, 0.1) is 0 Å². The molecule has 8 heteroatoms. The van der Waals surface area contributed by atoms with Crippen LogP contribution in [0.2, 0.25) is 0 Å². The summed E-state index contributed by atoms with van der Waals surface area (Å²) in [4.78, 5) is 13.7. The van der Waals surface area contributed by atoms with Gasteiger partial charge in [0.05, 0.1) is 17.7 Å². The van der Waals surface area contributed by atoms with Gasteiger partial charge in [-0.3, -0.25) is 4.79 Å². The average Bonchev–Trinajstić information content (AvgIpc) is 3.37. The van der Waals surface area contributed by atoms with Crippen molar-refractivity contribution in [1.29, 1.82) is 0 Å². The molecule has 1 aromatic carbocycles. The summed E-state index contributed by atoms with van der Waals surface area (Å²) in [7, 11) is -1.82. The van der Waals surface area contributed by atoms with Gasteiger partial charge in [-0.05, 0) is 47.7 Å². The zero-order valence-electron chi connectivity index (χ0n) is 14.7. The van der Waals surface area contributed by atoms with Gasteiger partial charge in [0.15, 0.2) is 0 Å². The molecule has 0 radical (unpaired) electrons. The number of rotatable bonds is 9. The van der Waals surface area contributed by atoms with Gasteiger partial charge in [-0.2, -0.15) is 11.3 Å². The van der Waals surface area contributed by atoms with Crippen LogP contribution in [0.25, 0.3) is 0 Å². The van der Waals surface area contributed by atoms with Gasteiger partial charge in [-0.15, -0.1) is 11.3 Å². The lowest BCUT2D eigenvalue weighted by atomic mass is 10.2.